The molecule has 1 aromatic heterocycles. The summed E-state index contributed by atoms with van der Waals surface area (Å²) in [6, 6.07) is 17.9. The fourth-order valence-corrected chi connectivity index (χ4v) is 4.96. The molecule has 0 spiro atoms. The molecule has 0 saturated carbocycles. The molecule has 0 aliphatic carbocycles. The number of nitrogens with one attached hydrogen (secondary N) is 1. The topological polar surface area (TPSA) is 71.4 Å². The van der Waals surface area contributed by atoms with Crippen LogP contribution in [0.15, 0.2) is 77.8 Å². The second kappa shape index (κ2) is 10.2. The highest BCUT2D eigenvalue weighted by molar-refractivity contribution is 8.18. The van der Waals surface area contributed by atoms with Crippen LogP contribution in [-0.4, -0.2) is 33.1 Å². The van der Waals surface area contributed by atoms with Crippen molar-refractivity contribution in [3.05, 3.63) is 106 Å². The molecule has 1 fully saturated rings. The predicted octanol–water partition coefficient (Wildman–Crippen LogP) is 6.30. The SMILES string of the molecule is O=C(CN1C(=O)S/C(=C\c2cn(Cc3ccc(Cl)cc3)c3ccccc23)C1=O)Nc1ccc(F)cc1F. The van der Waals surface area contributed by atoms with Gasteiger partial charge in [-0.05, 0) is 53.7 Å². The molecule has 0 radical (unpaired) electrons. The van der Waals surface area contributed by atoms with Gasteiger partial charge in [0.15, 0.2) is 0 Å². The highest BCUT2D eigenvalue weighted by atomic mass is 35.5. The number of nitrogens with zero attached hydrogens (tertiary/aromatic N) is 2. The van der Waals surface area contributed by atoms with E-state index in [0.29, 0.717) is 17.6 Å². The van der Waals surface area contributed by atoms with Gasteiger partial charge in [-0.3, -0.25) is 19.3 Å². The molecule has 10 heteroatoms. The van der Waals surface area contributed by atoms with Gasteiger partial charge in [-0.2, -0.15) is 0 Å². The summed E-state index contributed by atoms with van der Waals surface area (Å²) in [5.41, 5.74) is 2.49. The highest BCUT2D eigenvalue weighted by Crippen LogP contribution is 2.34. The first-order valence-electron chi connectivity index (χ1n) is 11.1. The van der Waals surface area contributed by atoms with Crippen molar-refractivity contribution in [2.45, 2.75) is 6.54 Å². The second-order valence-corrected chi connectivity index (χ2v) is 9.73. The predicted molar refractivity (Wildman–Crippen MR) is 140 cm³/mol. The monoisotopic (exact) mass is 537 g/mol. The Kier molecular flexibility index (Phi) is 6.82. The van der Waals surface area contributed by atoms with E-state index in [1.54, 1.807) is 6.08 Å². The minimum absolute atomic E-state index is 0.167. The number of fused-ring (bicyclic) bond motifs is 1. The average molecular weight is 538 g/mol. The first kappa shape index (κ1) is 24.7. The van der Waals surface area contributed by atoms with E-state index in [0.717, 1.165) is 50.8 Å². The molecule has 186 valence electrons. The minimum atomic E-state index is -0.961. The Bertz CT molecular complexity index is 1580. The Morgan fingerprint density at radius 1 is 1.03 bits per heavy atom. The standard InChI is InChI=1S/C27H18ClF2N3O3S/c28-18-7-5-16(6-8-18)13-32-14-17(20-3-1-2-4-23(20)32)11-24-26(35)33(27(36)37-24)15-25(34)31-22-10-9-19(29)12-21(22)30/h1-12,14H,13,15H2,(H,31,34)/b24-11-. The van der Waals surface area contributed by atoms with Crippen LogP contribution >= 0.6 is 23.4 Å². The lowest BCUT2D eigenvalue weighted by atomic mass is 10.1. The molecule has 5 rings (SSSR count). The lowest BCUT2D eigenvalue weighted by Gasteiger charge is -2.12. The number of aromatic nitrogens is 1. The van der Waals surface area contributed by atoms with Crippen molar-refractivity contribution >= 4 is 63.1 Å². The fourth-order valence-electron chi connectivity index (χ4n) is 4.01. The van der Waals surface area contributed by atoms with E-state index in [9.17, 15) is 23.2 Å². The van der Waals surface area contributed by atoms with E-state index in [-0.39, 0.29) is 10.6 Å². The van der Waals surface area contributed by atoms with Crippen LogP contribution in [0.2, 0.25) is 5.02 Å². The summed E-state index contributed by atoms with van der Waals surface area (Å²) in [6.45, 7) is -0.0235. The third kappa shape index (κ3) is 5.28. The number of para-hydroxylation sites is 1. The van der Waals surface area contributed by atoms with Gasteiger partial charge >= 0.3 is 0 Å². The molecule has 1 aliphatic heterocycles. The first-order valence-corrected chi connectivity index (χ1v) is 12.3. The summed E-state index contributed by atoms with van der Waals surface area (Å²) >= 11 is 6.72. The van der Waals surface area contributed by atoms with Crippen LogP contribution in [0.1, 0.15) is 11.1 Å². The molecule has 0 atom stereocenters. The molecule has 0 unspecified atom stereocenters. The van der Waals surface area contributed by atoms with Crippen LogP contribution in [0.25, 0.3) is 17.0 Å². The molecule has 1 saturated heterocycles. The molecular weight excluding hydrogens is 520 g/mol. The summed E-state index contributed by atoms with van der Waals surface area (Å²) in [7, 11) is 0. The molecule has 0 bridgehead atoms. The Morgan fingerprint density at radius 3 is 2.54 bits per heavy atom. The number of halogens is 3. The zero-order valence-corrected chi connectivity index (χ0v) is 20.7. The van der Waals surface area contributed by atoms with Gasteiger partial charge < -0.3 is 9.88 Å². The average Bonchev–Trinajstić information content (AvgIpc) is 3.34. The molecule has 3 amide bonds. The number of hydrogen-bond acceptors (Lipinski definition) is 4. The smallest absolute Gasteiger partial charge is 0.294 e. The highest BCUT2D eigenvalue weighted by Gasteiger charge is 2.36. The lowest BCUT2D eigenvalue weighted by Crippen LogP contribution is -2.36. The van der Waals surface area contributed by atoms with Crippen LogP contribution in [0.5, 0.6) is 0 Å². The van der Waals surface area contributed by atoms with Gasteiger partial charge in [0.1, 0.15) is 18.2 Å². The summed E-state index contributed by atoms with van der Waals surface area (Å²) in [5.74, 6) is -3.16. The van der Waals surface area contributed by atoms with E-state index in [1.165, 1.54) is 0 Å². The van der Waals surface area contributed by atoms with Crippen LogP contribution in [0, 0.1) is 11.6 Å². The van der Waals surface area contributed by atoms with Gasteiger partial charge in [-0.1, -0.05) is 41.9 Å². The van der Waals surface area contributed by atoms with Crippen molar-refractivity contribution in [3.8, 4) is 0 Å². The summed E-state index contributed by atoms with van der Waals surface area (Å²) in [5, 5.41) is 3.19. The van der Waals surface area contributed by atoms with Crippen LogP contribution in [-0.2, 0) is 16.1 Å². The van der Waals surface area contributed by atoms with Crippen molar-refractivity contribution in [3.63, 3.8) is 0 Å². The maximum Gasteiger partial charge on any atom is 0.294 e. The summed E-state index contributed by atoms with van der Waals surface area (Å²) < 4.78 is 29.0. The number of benzene rings is 3. The van der Waals surface area contributed by atoms with Crippen molar-refractivity contribution < 1.29 is 23.2 Å². The lowest BCUT2D eigenvalue weighted by molar-refractivity contribution is -0.127. The summed E-state index contributed by atoms with van der Waals surface area (Å²) in [6.07, 6.45) is 3.53. The molecule has 3 aromatic carbocycles. The second-order valence-electron chi connectivity index (χ2n) is 8.30. The Hall–Kier alpha value is -3.95. The summed E-state index contributed by atoms with van der Waals surface area (Å²) in [4.78, 5) is 38.8. The number of thioether (sulfide) groups is 1. The number of hydrogen-bond donors (Lipinski definition) is 1. The minimum Gasteiger partial charge on any atom is -0.342 e. The Morgan fingerprint density at radius 2 is 1.78 bits per heavy atom. The maximum absolute atomic E-state index is 13.8. The van der Waals surface area contributed by atoms with Gasteiger partial charge in [0.05, 0.1) is 10.6 Å². The molecule has 2 heterocycles. The van der Waals surface area contributed by atoms with Gasteiger partial charge in [-0.25, -0.2) is 8.78 Å². The van der Waals surface area contributed by atoms with Gasteiger partial charge in [-0.15, -0.1) is 0 Å². The zero-order chi connectivity index (χ0) is 26.1. The number of rotatable bonds is 6. The van der Waals surface area contributed by atoms with Crippen molar-refractivity contribution in [1.82, 2.24) is 9.47 Å². The van der Waals surface area contributed by atoms with Gasteiger partial charge in [0.25, 0.3) is 11.1 Å². The molecule has 1 N–H and O–H groups in total. The third-order valence-corrected chi connectivity index (χ3v) is 6.91. The van der Waals surface area contributed by atoms with Crippen LogP contribution in [0.4, 0.5) is 19.3 Å². The van der Waals surface area contributed by atoms with Gasteiger partial charge in [0.2, 0.25) is 5.91 Å². The Labute approximate surface area is 219 Å². The number of anilines is 1. The normalized spacial score (nSPS) is 14.7. The van der Waals surface area contributed by atoms with E-state index in [1.807, 2.05) is 59.3 Å². The Balaban J connectivity index is 1.36. The van der Waals surface area contributed by atoms with Crippen LogP contribution in [0.3, 0.4) is 0 Å². The number of imide groups is 1. The van der Waals surface area contributed by atoms with Gasteiger partial charge in [0, 0.05) is 40.3 Å². The molecule has 37 heavy (non-hydrogen) atoms. The third-order valence-electron chi connectivity index (χ3n) is 5.75. The van der Waals surface area contributed by atoms with Crippen molar-refractivity contribution in [2.75, 3.05) is 11.9 Å². The van der Waals surface area contributed by atoms with E-state index < -0.39 is 35.2 Å². The van der Waals surface area contributed by atoms with Crippen molar-refractivity contribution in [2.24, 2.45) is 0 Å². The number of carbonyl (C=O) groups is 3. The molecule has 4 aromatic rings. The number of carbonyl (C=O) groups excluding carboxylic acids is 3. The molecule has 6 nitrogen and oxygen atoms in total. The number of amides is 3. The van der Waals surface area contributed by atoms with E-state index >= 15 is 0 Å². The van der Waals surface area contributed by atoms with Crippen molar-refractivity contribution in [1.29, 1.82) is 0 Å². The van der Waals surface area contributed by atoms with E-state index in [2.05, 4.69) is 5.32 Å². The van der Waals surface area contributed by atoms with Crippen LogP contribution < -0.4 is 5.32 Å². The molecule has 1 aliphatic rings. The first-order chi connectivity index (χ1) is 17.8. The zero-order valence-electron chi connectivity index (χ0n) is 19.1. The fraction of sp³-hybridized carbons (Fsp3) is 0.0741. The van der Waals surface area contributed by atoms with E-state index in [4.69, 9.17) is 11.6 Å². The quantitative estimate of drug-likeness (QED) is 0.293. The largest absolute Gasteiger partial charge is 0.342 e. The molecular formula is C27H18ClF2N3O3S. The maximum atomic E-state index is 13.8.